The van der Waals surface area contributed by atoms with Crippen molar-refractivity contribution in [2.24, 2.45) is 0 Å². The fourth-order valence-corrected chi connectivity index (χ4v) is 16.4. The van der Waals surface area contributed by atoms with E-state index in [9.17, 15) is 0 Å². The zero-order valence-electron chi connectivity index (χ0n) is 49.0. The van der Waals surface area contributed by atoms with Gasteiger partial charge < -0.3 is 9.47 Å². The van der Waals surface area contributed by atoms with Crippen LogP contribution in [0.15, 0.2) is 309 Å². The smallest absolute Gasteiger partial charge is 0.148 e. The van der Waals surface area contributed by atoms with Gasteiger partial charge in [-0.25, -0.2) is 4.98 Å². The van der Waals surface area contributed by atoms with Crippen molar-refractivity contribution in [2.45, 2.75) is 10.8 Å². The highest BCUT2D eigenvalue weighted by atomic mass is 32.1. The summed E-state index contributed by atoms with van der Waals surface area (Å²) in [6.45, 7) is 0. The molecule has 2 aromatic heterocycles. The molecule has 2 spiro atoms. The second-order valence-corrected chi connectivity index (χ2v) is 25.0. The molecule has 0 fully saturated rings. The second-order valence-electron chi connectivity index (χ2n) is 24.0. The Morgan fingerprint density at radius 2 is 0.670 bits per heavy atom. The Labute approximate surface area is 530 Å². The molecule has 0 saturated heterocycles. The fourth-order valence-electron chi connectivity index (χ4n) is 15.6. The number of fused-ring (bicyclic) bond motifs is 19. The first-order valence-electron chi connectivity index (χ1n) is 31.0. The number of hydrogen-bond acceptors (Lipinski definition) is 6. The maximum atomic E-state index is 7.39. The Morgan fingerprint density at radius 3 is 1.29 bits per heavy atom. The number of rotatable bonds is 7. The van der Waals surface area contributed by atoms with E-state index in [1.54, 1.807) is 11.3 Å². The van der Waals surface area contributed by atoms with E-state index in [1.807, 2.05) is 18.2 Å². The molecule has 4 heterocycles. The van der Waals surface area contributed by atoms with Crippen molar-refractivity contribution in [3.8, 4) is 122 Å². The van der Waals surface area contributed by atoms with Gasteiger partial charge in [-0.1, -0.05) is 284 Å². The first kappa shape index (κ1) is 51.5. The quantitative estimate of drug-likeness (QED) is 0.159. The average Bonchev–Trinajstić information content (AvgIpc) is 1.59. The molecule has 0 radical (unpaired) electrons. The van der Waals surface area contributed by atoms with Gasteiger partial charge in [0.15, 0.2) is 0 Å². The molecule has 0 atom stereocenters. The van der Waals surface area contributed by atoms with Crippen LogP contribution in [0.3, 0.4) is 0 Å². The normalized spacial score (nSPS) is 13.6. The minimum Gasteiger partial charge on any atom is -0.456 e. The van der Waals surface area contributed by atoms with E-state index in [0.717, 1.165) is 133 Å². The summed E-state index contributed by atoms with van der Waals surface area (Å²) in [6, 6.07) is 112. The Hall–Kier alpha value is -11.6. The number of aromatic nitrogens is 3. The summed E-state index contributed by atoms with van der Waals surface area (Å²) in [7, 11) is 0. The Morgan fingerprint density at radius 1 is 0.253 bits per heavy atom. The van der Waals surface area contributed by atoms with E-state index in [0.29, 0.717) is 0 Å². The third-order valence-electron chi connectivity index (χ3n) is 19.4. The number of benzene rings is 13. The van der Waals surface area contributed by atoms with Gasteiger partial charge in [0.2, 0.25) is 0 Å². The maximum absolute atomic E-state index is 7.39. The summed E-state index contributed by atoms with van der Waals surface area (Å²) in [6.07, 6.45) is 0. The fraction of sp³-hybridized carbons (Fsp3) is 0.0235. The first-order valence-corrected chi connectivity index (χ1v) is 31.8. The second kappa shape index (κ2) is 20.0. The third kappa shape index (κ3) is 7.54. The molecule has 91 heavy (non-hydrogen) atoms. The minimum atomic E-state index is -0.634. The molecule has 19 rings (SSSR count). The third-order valence-corrected chi connectivity index (χ3v) is 20.5. The Kier molecular flexibility index (Phi) is 11.3. The van der Waals surface area contributed by atoms with Gasteiger partial charge in [0.25, 0.3) is 0 Å². The molecule has 2 aliphatic carbocycles. The number of hydrogen-bond donors (Lipinski definition) is 0. The Bertz CT molecular complexity index is 5420. The molecule has 0 amide bonds. The minimum absolute atomic E-state index is 0.536. The highest BCUT2D eigenvalue weighted by Crippen LogP contribution is 2.65. The first-order chi connectivity index (χ1) is 45.1. The van der Waals surface area contributed by atoms with Crippen LogP contribution in [0.25, 0.3) is 110 Å². The van der Waals surface area contributed by atoms with Crippen molar-refractivity contribution in [1.82, 2.24) is 15.2 Å². The monoisotopic (exact) mass is 1180 g/mol. The lowest BCUT2D eigenvalue weighted by Gasteiger charge is -2.40. The van der Waals surface area contributed by atoms with Gasteiger partial charge in [-0.2, -0.15) is 0 Å². The van der Waals surface area contributed by atoms with Gasteiger partial charge in [-0.15, -0.1) is 10.2 Å². The number of para-hydroxylation sites is 3. The molecule has 15 aromatic rings. The van der Waals surface area contributed by atoms with Gasteiger partial charge >= 0.3 is 0 Å². The highest BCUT2D eigenvalue weighted by Gasteiger charge is 2.53. The molecule has 4 aliphatic rings. The summed E-state index contributed by atoms with van der Waals surface area (Å²) < 4.78 is 14.5. The van der Waals surface area contributed by atoms with Crippen LogP contribution in [0.4, 0.5) is 0 Å². The molecule has 13 aromatic carbocycles. The van der Waals surface area contributed by atoms with E-state index in [4.69, 9.17) is 14.5 Å². The van der Waals surface area contributed by atoms with Crippen LogP contribution in [0.5, 0.6) is 23.0 Å². The summed E-state index contributed by atoms with van der Waals surface area (Å²) in [5, 5.41) is 12.1. The van der Waals surface area contributed by atoms with Crippen LogP contribution in [0.2, 0.25) is 0 Å². The molecule has 5 nitrogen and oxygen atoms in total. The van der Waals surface area contributed by atoms with Gasteiger partial charge in [0.1, 0.15) is 33.0 Å². The van der Waals surface area contributed by atoms with Crippen molar-refractivity contribution in [3.05, 3.63) is 354 Å². The van der Waals surface area contributed by atoms with Crippen LogP contribution in [-0.2, 0) is 10.8 Å². The highest BCUT2D eigenvalue weighted by molar-refractivity contribution is 7.17. The standard InChI is InChI=1S/C85H51N3O2S/c1-2-19-54(20-3-1)82-87-88-83(91-82)59-24-15-23-58(50-59)62-31-17-38-75-81(62)90-79-51-55(45-47-73(79)85(75)70-34-10-6-27-65(70)66-28-7-11-35-71(66)85)52-41-43-53(44-42-52)76-48-46-67-60(29-18-39-77(67)86-76)56-21-14-22-57(49-56)61-30-16-37-74-80(61)89-78-40-13-12-36-72(78)84(74)68-32-8-4-25-63(68)64-26-5-9-33-69(64)84/h1-51H. The van der Waals surface area contributed by atoms with E-state index in [1.165, 1.54) is 44.5 Å². The van der Waals surface area contributed by atoms with Crippen LogP contribution >= 0.6 is 11.3 Å². The molecule has 0 unspecified atom stereocenters. The maximum Gasteiger partial charge on any atom is 0.148 e. The zero-order chi connectivity index (χ0) is 59.8. The van der Waals surface area contributed by atoms with Gasteiger partial charge in [0, 0.05) is 55.5 Å². The molecule has 0 bridgehead atoms. The molecule has 0 N–H and O–H groups in total. The lowest BCUT2D eigenvalue weighted by atomic mass is 9.65. The van der Waals surface area contributed by atoms with Crippen LogP contribution in [0.1, 0.15) is 44.5 Å². The van der Waals surface area contributed by atoms with E-state index >= 15 is 0 Å². The molecule has 0 saturated carbocycles. The van der Waals surface area contributed by atoms with Crippen LogP contribution in [-0.4, -0.2) is 15.2 Å². The molecule has 6 heteroatoms. The Balaban J connectivity index is 0.662. The predicted octanol–water partition coefficient (Wildman–Crippen LogP) is 21.7. The summed E-state index contributed by atoms with van der Waals surface area (Å²) >= 11 is 1.60. The predicted molar refractivity (Wildman–Crippen MR) is 368 cm³/mol. The average molecular weight is 1180 g/mol. The van der Waals surface area contributed by atoms with Crippen LogP contribution in [0, 0.1) is 0 Å². The van der Waals surface area contributed by atoms with Crippen molar-refractivity contribution in [1.29, 1.82) is 0 Å². The van der Waals surface area contributed by atoms with Crippen molar-refractivity contribution in [2.75, 3.05) is 0 Å². The lowest BCUT2D eigenvalue weighted by Crippen LogP contribution is -2.32. The SMILES string of the molecule is c1ccc(-c2nnc(-c3cccc(-c4cccc5c4Oc4cc(-c6ccc(-c7ccc8c(-c9cccc(-c%10cccc%11c%10Oc%10ccccc%10C%11%10c%11ccccc%11-c%11ccccc%11%10)c9)cccc8n7)cc6)ccc4C54c5ccccc5-c5ccccc54)c3)s2)cc1. The van der Waals surface area contributed by atoms with Gasteiger partial charge in [-0.05, 0) is 114 Å². The molecule has 424 valence electrons. The molecular formula is C85H51N3O2S. The van der Waals surface area contributed by atoms with Crippen molar-refractivity contribution < 1.29 is 9.47 Å². The summed E-state index contributed by atoms with van der Waals surface area (Å²) in [5.74, 6) is 3.44. The zero-order valence-corrected chi connectivity index (χ0v) is 49.8. The van der Waals surface area contributed by atoms with E-state index in [-0.39, 0.29) is 0 Å². The largest absolute Gasteiger partial charge is 0.456 e. The van der Waals surface area contributed by atoms with Crippen molar-refractivity contribution >= 4 is 22.2 Å². The van der Waals surface area contributed by atoms with E-state index in [2.05, 4.69) is 301 Å². The number of pyridine rings is 1. The van der Waals surface area contributed by atoms with Gasteiger partial charge in [0.05, 0.1) is 22.0 Å². The topological polar surface area (TPSA) is 57.1 Å². The lowest BCUT2D eigenvalue weighted by molar-refractivity contribution is 0.438. The molecular weight excluding hydrogens is 1130 g/mol. The van der Waals surface area contributed by atoms with Crippen molar-refractivity contribution in [3.63, 3.8) is 0 Å². The summed E-state index contributed by atoms with van der Waals surface area (Å²) in [5.41, 5.74) is 27.0. The van der Waals surface area contributed by atoms with Gasteiger partial charge in [-0.3, -0.25) is 0 Å². The summed E-state index contributed by atoms with van der Waals surface area (Å²) in [4.78, 5) is 5.35. The number of nitrogens with zero attached hydrogens (tertiary/aromatic N) is 3. The van der Waals surface area contributed by atoms with Crippen LogP contribution < -0.4 is 9.47 Å². The molecule has 2 aliphatic heterocycles. The number of ether oxygens (including phenoxy) is 2. The van der Waals surface area contributed by atoms with E-state index < -0.39 is 10.8 Å².